The summed E-state index contributed by atoms with van der Waals surface area (Å²) in [5.74, 6) is -0.310. The zero-order chi connectivity index (χ0) is 15.8. The van der Waals surface area contributed by atoms with Crippen molar-refractivity contribution in [2.75, 3.05) is 6.54 Å². The minimum absolute atomic E-state index is 0.0370. The Morgan fingerprint density at radius 2 is 1.82 bits per heavy atom. The van der Waals surface area contributed by atoms with Crippen LogP contribution in [0.3, 0.4) is 0 Å². The van der Waals surface area contributed by atoms with Gasteiger partial charge in [0.15, 0.2) is 0 Å². The maximum Gasteiger partial charge on any atom is 0.247 e. The summed E-state index contributed by atoms with van der Waals surface area (Å²) < 4.78 is 0. The van der Waals surface area contributed by atoms with E-state index in [4.69, 9.17) is 0 Å². The van der Waals surface area contributed by atoms with Gasteiger partial charge in [0, 0.05) is 11.6 Å². The predicted molar refractivity (Wildman–Crippen MR) is 88.1 cm³/mol. The normalized spacial score (nSPS) is 16.1. The Balaban J connectivity index is 1.76. The van der Waals surface area contributed by atoms with Gasteiger partial charge in [0.1, 0.15) is 0 Å². The second-order valence-corrected chi connectivity index (χ2v) is 5.82. The number of carbonyl (C=O) groups excluding carboxylic acids is 2. The molecule has 1 aliphatic carbocycles. The van der Waals surface area contributed by atoms with Gasteiger partial charge in [-0.2, -0.15) is 0 Å². The van der Waals surface area contributed by atoms with Crippen LogP contribution in [0.1, 0.15) is 44.6 Å². The predicted octanol–water partition coefficient (Wildman–Crippen LogP) is 2.66. The van der Waals surface area contributed by atoms with Crippen LogP contribution >= 0.6 is 0 Å². The molecule has 1 aromatic carbocycles. The lowest BCUT2D eigenvalue weighted by Crippen LogP contribution is -2.42. The van der Waals surface area contributed by atoms with Crippen molar-refractivity contribution in [1.82, 2.24) is 10.6 Å². The maximum absolute atomic E-state index is 12.0. The molecule has 0 aliphatic heterocycles. The minimum Gasteiger partial charge on any atom is -0.352 e. The molecule has 2 rings (SSSR count). The van der Waals surface area contributed by atoms with Crippen LogP contribution in [0.15, 0.2) is 35.9 Å². The van der Waals surface area contributed by atoms with Crippen molar-refractivity contribution in [2.24, 2.45) is 0 Å². The molecule has 1 fully saturated rings. The summed E-state index contributed by atoms with van der Waals surface area (Å²) in [4.78, 5) is 23.8. The zero-order valence-electron chi connectivity index (χ0n) is 13.1. The first kappa shape index (κ1) is 16.3. The first-order valence-electron chi connectivity index (χ1n) is 7.96. The maximum atomic E-state index is 12.0. The van der Waals surface area contributed by atoms with Gasteiger partial charge in [-0.3, -0.25) is 9.59 Å². The SMILES string of the molecule is C/C(=C\c1ccccc1)C(=O)NCC(=O)NC1CCCCC1. The molecular formula is C18H24N2O2. The van der Waals surface area contributed by atoms with Gasteiger partial charge < -0.3 is 10.6 Å². The largest absolute Gasteiger partial charge is 0.352 e. The van der Waals surface area contributed by atoms with E-state index in [9.17, 15) is 9.59 Å². The van der Waals surface area contributed by atoms with Gasteiger partial charge >= 0.3 is 0 Å². The van der Waals surface area contributed by atoms with Crippen molar-refractivity contribution >= 4 is 17.9 Å². The third-order valence-corrected chi connectivity index (χ3v) is 3.92. The highest BCUT2D eigenvalue weighted by atomic mass is 16.2. The second-order valence-electron chi connectivity index (χ2n) is 5.82. The Kier molecular flexibility index (Phi) is 6.19. The molecule has 1 saturated carbocycles. The number of carbonyl (C=O) groups is 2. The van der Waals surface area contributed by atoms with E-state index in [1.54, 1.807) is 6.92 Å². The molecule has 0 aromatic heterocycles. The van der Waals surface area contributed by atoms with E-state index in [0.717, 1.165) is 18.4 Å². The monoisotopic (exact) mass is 300 g/mol. The smallest absolute Gasteiger partial charge is 0.247 e. The fourth-order valence-electron chi connectivity index (χ4n) is 2.69. The fraction of sp³-hybridized carbons (Fsp3) is 0.444. The van der Waals surface area contributed by atoms with Gasteiger partial charge in [0.25, 0.3) is 0 Å². The van der Waals surface area contributed by atoms with Gasteiger partial charge in [-0.05, 0) is 31.4 Å². The van der Waals surface area contributed by atoms with Crippen molar-refractivity contribution in [3.63, 3.8) is 0 Å². The lowest BCUT2D eigenvalue weighted by Gasteiger charge is -2.22. The molecule has 1 aliphatic rings. The average molecular weight is 300 g/mol. The van der Waals surface area contributed by atoms with Crippen molar-refractivity contribution in [3.05, 3.63) is 41.5 Å². The summed E-state index contributed by atoms with van der Waals surface area (Å²) in [7, 11) is 0. The average Bonchev–Trinajstić information content (AvgIpc) is 2.54. The van der Waals surface area contributed by atoms with E-state index < -0.39 is 0 Å². The minimum atomic E-state index is -0.206. The number of benzene rings is 1. The summed E-state index contributed by atoms with van der Waals surface area (Å²) in [5.41, 5.74) is 1.57. The summed E-state index contributed by atoms with van der Waals surface area (Å²) in [6.07, 6.45) is 7.52. The van der Waals surface area contributed by atoms with Gasteiger partial charge in [0.05, 0.1) is 6.54 Å². The third-order valence-electron chi connectivity index (χ3n) is 3.92. The summed E-state index contributed by atoms with van der Waals surface area (Å²) in [6, 6.07) is 9.93. The standard InChI is InChI=1S/C18H24N2O2/c1-14(12-15-8-4-2-5-9-15)18(22)19-13-17(21)20-16-10-6-3-7-11-16/h2,4-5,8-9,12,16H,3,6-7,10-11,13H2,1H3,(H,19,22)(H,20,21)/b14-12+. The zero-order valence-corrected chi connectivity index (χ0v) is 13.1. The van der Waals surface area contributed by atoms with E-state index in [0.29, 0.717) is 5.57 Å². The van der Waals surface area contributed by atoms with Crippen LogP contribution < -0.4 is 10.6 Å². The highest BCUT2D eigenvalue weighted by molar-refractivity contribution is 5.98. The van der Waals surface area contributed by atoms with E-state index in [1.165, 1.54) is 19.3 Å². The number of amides is 2. The van der Waals surface area contributed by atoms with Gasteiger partial charge in [0.2, 0.25) is 11.8 Å². The molecule has 4 heteroatoms. The van der Waals surface area contributed by atoms with E-state index in [2.05, 4.69) is 10.6 Å². The molecule has 4 nitrogen and oxygen atoms in total. The number of hydrogen-bond acceptors (Lipinski definition) is 2. The lowest BCUT2D eigenvalue weighted by molar-refractivity contribution is -0.124. The molecule has 2 amide bonds. The molecule has 0 spiro atoms. The van der Waals surface area contributed by atoms with Gasteiger partial charge in [-0.25, -0.2) is 0 Å². The van der Waals surface area contributed by atoms with E-state index in [-0.39, 0.29) is 24.4 Å². The highest BCUT2D eigenvalue weighted by Gasteiger charge is 2.16. The van der Waals surface area contributed by atoms with Crippen LogP contribution in [-0.4, -0.2) is 24.4 Å². The molecule has 1 aromatic rings. The highest BCUT2D eigenvalue weighted by Crippen LogP contribution is 2.17. The van der Waals surface area contributed by atoms with Crippen LogP contribution in [0, 0.1) is 0 Å². The summed E-state index contributed by atoms with van der Waals surface area (Å²) in [6.45, 7) is 1.79. The van der Waals surface area contributed by atoms with Gasteiger partial charge in [-0.1, -0.05) is 49.6 Å². The number of nitrogens with one attached hydrogen (secondary N) is 2. The molecule has 0 atom stereocenters. The fourth-order valence-corrected chi connectivity index (χ4v) is 2.69. The van der Waals surface area contributed by atoms with Crippen molar-refractivity contribution in [2.45, 2.75) is 45.1 Å². The molecule has 0 saturated heterocycles. The van der Waals surface area contributed by atoms with Crippen LogP contribution in [0.25, 0.3) is 6.08 Å². The summed E-state index contributed by atoms with van der Waals surface area (Å²) in [5, 5.41) is 5.66. The molecule has 0 bridgehead atoms. The van der Waals surface area contributed by atoms with Crippen molar-refractivity contribution in [1.29, 1.82) is 0 Å². The lowest BCUT2D eigenvalue weighted by atomic mass is 9.95. The second kappa shape index (κ2) is 8.37. The van der Waals surface area contributed by atoms with Crippen LogP contribution in [0.2, 0.25) is 0 Å². The summed E-state index contributed by atoms with van der Waals surface area (Å²) >= 11 is 0. The molecule has 22 heavy (non-hydrogen) atoms. The quantitative estimate of drug-likeness (QED) is 0.821. The Morgan fingerprint density at radius 3 is 2.50 bits per heavy atom. The Bertz CT molecular complexity index is 531. The number of hydrogen-bond donors (Lipinski definition) is 2. The molecule has 2 N–H and O–H groups in total. The topological polar surface area (TPSA) is 58.2 Å². The first-order chi connectivity index (χ1) is 10.6. The third kappa shape index (κ3) is 5.35. The first-order valence-corrected chi connectivity index (χ1v) is 7.96. The molecule has 0 unspecified atom stereocenters. The van der Waals surface area contributed by atoms with Crippen molar-refractivity contribution in [3.8, 4) is 0 Å². The van der Waals surface area contributed by atoms with Crippen LogP contribution in [0.4, 0.5) is 0 Å². The Morgan fingerprint density at radius 1 is 1.14 bits per heavy atom. The van der Waals surface area contributed by atoms with Crippen LogP contribution in [-0.2, 0) is 9.59 Å². The Labute approximate surface area is 132 Å². The Hall–Kier alpha value is -2.10. The number of rotatable bonds is 5. The van der Waals surface area contributed by atoms with Crippen LogP contribution in [0.5, 0.6) is 0 Å². The van der Waals surface area contributed by atoms with E-state index >= 15 is 0 Å². The molecule has 0 heterocycles. The molecular weight excluding hydrogens is 276 g/mol. The molecule has 0 radical (unpaired) electrons. The van der Waals surface area contributed by atoms with Crippen molar-refractivity contribution < 1.29 is 9.59 Å². The van der Waals surface area contributed by atoms with Gasteiger partial charge in [-0.15, -0.1) is 0 Å². The molecule has 118 valence electrons. The van der Waals surface area contributed by atoms with E-state index in [1.807, 2.05) is 36.4 Å².